The Labute approximate surface area is 141 Å². The van der Waals surface area contributed by atoms with Crippen LogP contribution in [0.25, 0.3) is 0 Å². The Morgan fingerprint density at radius 1 is 1.38 bits per heavy atom. The Kier molecular flexibility index (Phi) is 5.81. The number of benzene rings is 1. The number of rotatable bonds is 8. The maximum Gasteiger partial charge on any atom is 0.327 e. The normalized spacial score (nSPS) is 15.6. The van der Waals surface area contributed by atoms with Gasteiger partial charge in [0.2, 0.25) is 5.91 Å². The third kappa shape index (κ3) is 4.05. The SMILES string of the molecule is C=CCc1ccc(OCC(O)CN2C(=O)CN(C)C2=O)c(OC)c1. The first-order chi connectivity index (χ1) is 11.5. The van der Waals surface area contributed by atoms with Crippen molar-refractivity contribution in [3.8, 4) is 11.5 Å². The van der Waals surface area contributed by atoms with Crippen molar-refractivity contribution >= 4 is 11.9 Å². The van der Waals surface area contributed by atoms with Crippen LogP contribution in [0.15, 0.2) is 30.9 Å². The second-order valence-electron chi connectivity index (χ2n) is 5.59. The summed E-state index contributed by atoms with van der Waals surface area (Å²) in [6.45, 7) is 3.57. The van der Waals surface area contributed by atoms with E-state index >= 15 is 0 Å². The van der Waals surface area contributed by atoms with Gasteiger partial charge in [0.1, 0.15) is 19.3 Å². The third-order valence-electron chi connectivity index (χ3n) is 3.66. The van der Waals surface area contributed by atoms with Crippen LogP contribution < -0.4 is 9.47 Å². The summed E-state index contributed by atoms with van der Waals surface area (Å²) < 4.78 is 10.8. The lowest BCUT2D eigenvalue weighted by Crippen LogP contribution is -2.40. The molecule has 1 unspecified atom stereocenters. The molecule has 1 saturated heterocycles. The van der Waals surface area contributed by atoms with E-state index in [2.05, 4.69) is 6.58 Å². The molecular weight excluding hydrogens is 312 g/mol. The van der Waals surface area contributed by atoms with Crippen molar-refractivity contribution in [1.82, 2.24) is 9.80 Å². The Balaban J connectivity index is 1.94. The molecule has 0 bridgehead atoms. The molecule has 1 atom stereocenters. The topological polar surface area (TPSA) is 79.3 Å². The van der Waals surface area contributed by atoms with Crippen molar-refractivity contribution in [3.05, 3.63) is 36.4 Å². The van der Waals surface area contributed by atoms with Crippen LogP contribution in [-0.4, -0.2) is 66.8 Å². The first-order valence-electron chi connectivity index (χ1n) is 7.60. The minimum absolute atomic E-state index is 0.0327. The van der Waals surface area contributed by atoms with E-state index < -0.39 is 12.1 Å². The van der Waals surface area contributed by atoms with Crippen LogP contribution in [0, 0.1) is 0 Å². The number of hydrogen-bond donors (Lipinski definition) is 1. The molecule has 1 aliphatic rings. The number of nitrogens with zero attached hydrogens (tertiary/aromatic N) is 2. The summed E-state index contributed by atoms with van der Waals surface area (Å²) in [5.74, 6) is 0.711. The summed E-state index contributed by atoms with van der Waals surface area (Å²) in [4.78, 5) is 25.8. The number of hydrogen-bond acceptors (Lipinski definition) is 5. The van der Waals surface area contributed by atoms with Crippen molar-refractivity contribution in [2.24, 2.45) is 0 Å². The Bertz CT molecular complexity index is 631. The van der Waals surface area contributed by atoms with Gasteiger partial charge in [-0.15, -0.1) is 6.58 Å². The van der Waals surface area contributed by atoms with Gasteiger partial charge in [-0.25, -0.2) is 4.79 Å². The number of likely N-dealkylation sites (N-methyl/N-ethyl adjacent to an activating group) is 1. The number of carbonyl (C=O) groups is 2. The predicted molar refractivity (Wildman–Crippen MR) is 88.1 cm³/mol. The van der Waals surface area contributed by atoms with E-state index in [0.717, 1.165) is 10.5 Å². The maximum absolute atomic E-state index is 11.8. The van der Waals surface area contributed by atoms with Gasteiger partial charge in [0, 0.05) is 7.05 Å². The first-order valence-corrected chi connectivity index (χ1v) is 7.60. The molecule has 0 aromatic heterocycles. The fourth-order valence-corrected chi connectivity index (χ4v) is 2.42. The van der Waals surface area contributed by atoms with Crippen LogP contribution in [0.3, 0.4) is 0 Å². The van der Waals surface area contributed by atoms with E-state index in [4.69, 9.17) is 9.47 Å². The molecule has 1 aromatic carbocycles. The highest BCUT2D eigenvalue weighted by atomic mass is 16.5. The average Bonchev–Trinajstić information content (AvgIpc) is 2.80. The molecule has 130 valence electrons. The highest BCUT2D eigenvalue weighted by molar-refractivity contribution is 6.01. The van der Waals surface area contributed by atoms with E-state index in [1.54, 1.807) is 19.2 Å². The van der Waals surface area contributed by atoms with Crippen LogP contribution in [-0.2, 0) is 11.2 Å². The molecule has 0 saturated carbocycles. The minimum atomic E-state index is -0.984. The second kappa shape index (κ2) is 7.83. The predicted octanol–water partition coefficient (Wildman–Crippen LogP) is 1.06. The molecule has 0 radical (unpaired) electrons. The van der Waals surface area contributed by atoms with Gasteiger partial charge in [-0.1, -0.05) is 12.1 Å². The van der Waals surface area contributed by atoms with Gasteiger partial charge < -0.3 is 19.5 Å². The van der Waals surface area contributed by atoms with E-state index in [-0.39, 0.29) is 25.6 Å². The number of ether oxygens (including phenoxy) is 2. The van der Waals surface area contributed by atoms with Gasteiger partial charge in [0.25, 0.3) is 0 Å². The number of β-amino-alcohol motifs (C(OH)–C–C–N with tert-alkyl or cyclic N) is 1. The summed E-state index contributed by atoms with van der Waals surface area (Å²) in [5.41, 5.74) is 1.03. The highest BCUT2D eigenvalue weighted by Crippen LogP contribution is 2.28. The van der Waals surface area contributed by atoms with Crippen molar-refractivity contribution in [3.63, 3.8) is 0 Å². The van der Waals surface area contributed by atoms with Gasteiger partial charge in [-0.2, -0.15) is 0 Å². The molecule has 1 aromatic rings. The number of carbonyl (C=O) groups excluding carboxylic acids is 2. The molecule has 1 N–H and O–H groups in total. The van der Waals surface area contributed by atoms with E-state index in [1.807, 2.05) is 12.1 Å². The van der Waals surface area contributed by atoms with Crippen molar-refractivity contribution < 1.29 is 24.2 Å². The van der Waals surface area contributed by atoms with Crippen LogP contribution in [0.5, 0.6) is 11.5 Å². The summed E-state index contributed by atoms with van der Waals surface area (Å²) in [5, 5.41) is 10.1. The van der Waals surface area contributed by atoms with Gasteiger partial charge in [0.05, 0.1) is 13.7 Å². The minimum Gasteiger partial charge on any atom is -0.493 e. The van der Waals surface area contributed by atoms with Gasteiger partial charge in [-0.05, 0) is 24.1 Å². The van der Waals surface area contributed by atoms with Crippen LogP contribution in [0.1, 0.15) is 5.56 Å². The second-order valence-corrected chi connectivity index (χ2v) is 5.59. The van der Waals surface area contributed by atoms with Crippen molar-refractivity contribution in [2.75, 3.05) is 33.9 Å². The molecule has 7 heteroatoms. The lowest BCUT2D eigenvalue weighted by Gasteiger charge is -2.19. The number of aliphatic hydroxyl groups excluding tert-OH is 1. The quantitative estimate of drug-likeness (QED) is 0.568. The maximum atomic E-state index is 11.8. The van der Waals surface area contributed by atoms with E-state index in [0.29, 0.717) is 17.9 Å². The largest absolute Gasteiger partial charge is 0.493 e. The number of allylic oxidation sites excluding steroid dienone is 1. The molecule has 7 nitrogen and oxygen atoms in total. The van der Waals surface area contributed by atoms with Crippen molar-refractivity contribution in [1.29, 1.82) is 0 Å². The number of methoxy groups -OCH3 is 1. The Morgan fingerprint density at radius 3 is 2.71 bits per heavy atom. The zero-order valence-electron chi connectivity index (χ0n) is 13.9. The first kappa shape index (κ1) is 17.8. The lowest BCUT2D eigenvalue weighted by molar-refractivity contribution is -0.126. The number of imide groups is 1. The fraction of sp³-hybridized carbons (Fsp3) is 0.412. The Morgan fingerprint density at radius 2 is 2.12 bits per heavy atom. The Hall–Kier alpha value is -2.54. The zero-order valence-corrected chi connectivity index (χ0v) is 13.9. The van der Waals surface area contributed by atoms with Crippen LogP contribution in [0.2, 0.25) is 0 Å². The number of amides is 3. The molecule has 1 heterocycles. The van der Waals surface area contributed by atoms with Gasteiger partial charge in [-0.3, -0.25) is 9.69 Å². The average molecular weight is 334 g/mol. The van der Waals surface area contributed by atoms with Crippen LogP contribution >= 0.6 is 0 Å². The standard InChI is InChI=1S/C17H22N2O5/c1-4-5-12-6-7-14(15(8-12)23-3)24-11-13(20)9-19-16(21)10-18(2)17(19)22/h4,6-8,13,20H,1,5,9-11H2,2-3H3. The molecule has 0 spiro atoms. The smallest absolute Gasteiger partial charge is 0.327 e. The summed E-state index contributed by atoms with van der Waals surface area (Å²) >= 11 is 0. The molecule has 1 fully saturated rings. The molecule has 0 aliphatic carbocycles. The van der Waals surface area contributed by atoms with Gasteiger partial charge in [0.15, 0.2) is 11.5 Å². The molecule has 1 aliphatic heterocycles. The fourth-order valence-electron chi connectivity index (χ4n) is 2.42. The highest BCUT2D eigenvalue weighted by Gasteiger charge is 2.34. The van der Waals surface area contributed by atoms with Crippen LogP contribution in [0.4, 0.5) is 4.79 Å². The molecule has 2 rings (SSSR count). The summed E-state index contributed by atoms with van der Waals surface area (Å²) in [7, 11) is 3.08. The van der Waals surface area contributed by atoms with E-state index in [1.165, 1.54) is 12.0 Å². The summed E-state index contributed by atoms with van der Waals surface area (Å²) in [6.07, 6.45) is 1.52. The number of urea groups is 1. The number of aliphatic hydroxyl groups is 1. The van der Waals surface area contributed by atoms with Crippen molar-refractivity contribution in [2.45, 2.75) is 12.5 Å². The lowest BCUT2D eigenvalue weighted by atomic mass is 10.1. The van der Waals surface area contributed by atoms with Gasteiger partial charge >= 0.3 is 6.03 Å². The molecule has 24 heavy (non-hydrogen) atoms. The summed E-state index contributed by atoms with van der Waals surface area (Å²) in [6, 6.07) is 5.07. The zero-order chi connectivity index (χ0) is 17.7. The monoisotopic (exact) mass is 334 g/mol. The van der Waals surface area contributed by atoms with E-state index in [9.17, 15) is 14.7 Å². The molecular formula is C17H22N2O5. The molecule has 3 amide bonds. The third-order valence-corrected chi connectivity index (χ3v) is 3.66.